The minimum atomic E-state index is -4.76. The van der Waals surface area contributed by atoms with Crippen molar-refractivity contribution in [3.63, 3.8) is 0 Å². The highest BCUT2D eigenvalue weighted by Crippen LogP contribution is 2.55. The zero-order valence-electron chi connectivity index (χ0n) is 23.1. The molecule has 2 aromatic rings. The van der Waals surface area contributed by atoms with Crippen LogP contribution in [0.5, 0.6) is 0 Å². The lowest BCUT2D eigenvalue weighted by Crippen LogP contribution is -2.37. The fourth-order valence-electron chi connectivity index (χ4n) is 4.83. The van der Waals surface area contributed by atoms with Gasteiger partial charge in [0.05, 0.1) is 23.0 Å². The monoisotopic (exact) mass is 564 g/mol. The molecule has 0 N–H and O–H groups in total. The molecule has 0 aromatic heterocycles. The molecule has 10 heteroatoms. The molecular weight excluding hydrogens is 529 g/mol. The maximum absolute atomic E-state index is 14.9. The van der Waals surface area contributed by atoms with E-state index in [2.05, 4.69) is 0 Å². The molecule has 2 aromatic carbocycles. The predicted octanol–water partition coefficient (Wildman–Crippen LogP) is 8.19. The largest absolute Gasteiger partial charge is 0.460 e. The van der Waals surface area contributed by atoms with Gasteiger partial charge >= 0.3 is 18.2 Å². The van der Waals surface area contributed by atoms with Crippen LogP contribution in [0.15, 0.2) is 46.2 Å². The minimum Gasteiger partial charge on any atom is -0.460 e. The molecule has 0 saturated carbocycles. The Morgan fingerprint density at radius 1 is 0.846 bits per heavy atom. The standard InChI is InChI=1S/C29H35F3N2O4S/c1-27(2,3)37-25(35)18-10-9-16-33(17-15-18)20-13-14-22-24(23(20)29(30,31)32)34(26(36)38-28(4,5)6)19-11-7-8-12-21(19)39-22/h7-8,11-14,18H,9-10,15-17H2,1-6H3. The number of nitrogens with zero attached hydrogens (tertiary/aromatic N) is 2. The first-order valence-corrected chi connectivity index (χ1v) is 13.9. The van der Waals surface area contributed by atoms with Crippen molar-refractivity contribution in [3.05, 3.63) is 42.0 Å². The van der Waals surface area contributed by atoms with Gasteiger partial charge in [-0.3, -0.25) is 4.79 Å². The molecule has 2 aliphatic rings. The molecule has 1 amide bonds. The van der Waals surface area contributed by atoms with Crippen molar-refractivity contribution < 1.29 is 32.2 Å². The second kappa shape index (κ2) is 10.6. The normalized spacial score (nSPS) is 18.1. The Balaban J connectivity index is 1.78. The van der Waals surface area contributed by atoms with Crippen molar-refractivity contribution >= 4 is 40.9 Å². The lowest BCUT2D eigenvalue weighted by molar-refractivity contribution is -0.160. The Hall–Kier alpha value is -2.88. The molecule has 6 nitrogen and oxygen atoms in total. The number of carbonyl (C=O) groups is 2. The third kappa shape index (κ3) is 6.65. The Morgan fingerprint density at radius 2 is 1.51 bits per heavy atom. The molecule has 1 unspecified atom stereocenters. The number of hydrogen-bond donors (Lipinski definition) is 0. The molecule has 2 aliphatic heterocycles. The van der Waals surface area contributed by atoms with E-state index in [4.69, 9.17) is 9.47 Å². The molecule has 0 bridgehead atoms. The Morgan fingerprint density at radius 3 is 2.15 bits per heavy atom. The molecule has 2 heterocycles. The Bertz CT molecular complexity index is 1250. The van der Waals surface area contributed by atoms with E-state index in [1.807, 2.05) is 0 Å². The number of anilines is 3. The average molecular weight is 565 g/mol. The number of rotatable bonds is 2. The Labute approximate surface area is 231 Å². The van der Waals surface area contributed by atoms with E-state index in [0.29, 0.717) is 41.3 Å². The number of halogens is 3. The van der Waals surface area contributed by atoms with Crippen molar-refractivity contribution in [2.75, 3.05) is 22.9 Å². The van der Waals surface area contributed by atoms with E-state index in [9.17, 15) is 22.8 Å². The zero-order valence-corrected chi connectivity index (χ0v) is 24.0. The predicted molar refractivity (Wildman–Crippen MR) is 146 cm³/mol. The smallest absolute Gasteiger partial charge is 0.420 e. The first-order chi connectivity index (χ1) is 18.0. The van der Waals surface area contributed by atoms with Gasteiger partial charge in [-0.15, -0.1) is 0 Å². The first-order valence-electron chi connectivity index (χ1n) is 13.1. The highest BCUT2D eigenvalue weighted by atomic mass is 32.2. The summed E-state index contributed by atoms with van der Waals surface area (Å²) in [7, 11) is 0. The summed E-state index contributed by atoms with van der Waals surface area (Å²) in [5.41, 5.74) is -2.33. The van der Waals surface area contributed by atoms with Gasteiger partial charge < -0.3 is 14.4 Å². The lowest BCUT2D eigenvalue weighted by Gasteiger charge is -2.36. The number of alkyl halides is 3. The summed E-state index contributed by atoms with van der Waals surface area (Å²) in [6, 6.07) is 9.97. The van der Waals surface area contributed by atoms with E-state index >= 15 is 0 Å². The Kier molecular flexibility index (Phi) is 7.91. The van der Waals surface area contributed by atoms with Crippen LogP contribution in [-0.2, 0) is 20.4 Å². The van der Waals surface area contributed by atoms with Crippen molar-refractivity contribution in [2.24, 2.45) is 5.92 Å². The molecule has 0 aliphatic carbocycles. The summed E-state index contributed by atoms with van der Waals surface area (Å²) in [6.07, 6.45) is -4.20. The number of carbonyl (C=O) groups excluding carboxylic acids is 2. The molecule has 1 saturated heterocycles. The first kappa shape index (κ1) is 29.1. The summed E-state index contributed by atoms with van der Waals surface area (Å²) in [5, 5.41) is 0. The van der Waals surface area contributed by atoms with Gasteiger partial charge in [-0.2, -0.15) is 13.2 Å². The fourth-order valence-corrected chi connectivity index (χ4v) is 5.90. The van der Waals surface area contributed by atoms with Crippen LogP contribution in [0.4, 0.5) is 35.0 Å². The van der Waals surface area contributed by atoms with E-state index in [-0.39, 0.29) is 29.8 Å². The number of para-hydroxylation sites is 1. The van der Waals surface area contributed by atoms with E-state index in [1.165, 1.54) is 17.8 Å². The van der Waals surface area contributed by atoms with Crippen molar-refractivity contribution in [1.82, 2.24) is 0 Å². The molecule has 1 fully saturated rings. The maximum atomic E-state index is 14.9. The van der Waals surface area contributed by atoms with E-state index < -0.39 is 29.0 Å². The number of amides is 1. The molecule has 39 heavy (non-hydrogen) atoms. The van der Waals surface area contributed by atoms with Crippen LogP contribution in [0.1, 0.15) is 66.4 Å². The lowest BCUT2D eigenvalue weighted by atomic mass is 10.0. The number of hydrogen-bond acceptors (Lipinski definition) is 6. The van der Waals surface area contributed by atoms with Crippen molar-refractivity contribution in [1.29, 1.82) is 0 Å². The average Bonchev–Trinajstić information content (AvgIpc) is 3.05. The van der Waals surface area contributed by atoms with E-state index in [1.54, 1.807) is 76.8 Å². The van der Waals surface area contributed by atoms with Gasteiger partial charge in [0.15, 0.2) is 0 Å². The third-order valence-corrected chi connectivity index (χ3v) is 7.45. The minimum absolute atomic E-state index is 0.0142. The number of fused-ring (bicyclic) bond motifs is 2. The number of ether oxygens (including phenoxy) is 2. The number of esters is 1. The van der Waals surface area contributed by atoms with Crippen LogP contribution in [0.2, 0.25) is 0 Å². The second-order valence-electron chi connectivity index (χ2n) is 11.8. The SMILES string of the molecule is CC(C)(C)OC(=O)C1CCCN(c2ccc3c(c2C(F)(F)F)N(C(=O)OC(C)(C)C)c2ccccc2S3)CC1. The van der Waals surface area contributed by atoms with Gasteiger partial charge in [0.2, 0.25) is 0 Å². The maximum Gasteiger partial charge on any atom is 0.420 e. The summed E-state index contributed by atoms with van der Waals surface area (Å²) < 4.78 is 56.0. The number of benzene rings is 2. The van der Waals surface area contributed by atoms with E-state index in [0.717, 1.165) is 4.90 Å². The molecule has 0 spiro atoms. The van der Waals surface area contributed by atoms with Crippen LogP contribution in [-0.4, -0.2) is 36.4 Å². The molecule has 212 valence electrons. The van der Waals surface area contributed by atoms with Crippen LogP contribution < -0.4 is 9.80 Å². The van der Waals surface area contributed by atoms with Crippen molar-refractivity contribution in [2.45, 2.75) is 88.0 Å². The summed E-state index contributed by atoms with van der Waals surface area (Å²) in [5.74, 6) is -0.711. The molecule has 0 radical (unpaired) electrons. The van der Waals surface area contributed by atoms with Crippen LogP contribution in [0, 0.1) is 5.92 Å². The summed E-state index contributed by atoms with van der Waals surface area (Å²) in [4.78, 5) is 29.9. The molecule has 4 rings (SSSR count). The third-order valence-electron chi connectivity index (χ3n) is 6.34. The highest BCUT2D eigenvalue weighted by Gasteiger charge is 2.45. The van der Waals surface area contributed by atoms with Gasteiger partial charge in [-0.05, 0) is 85.1 Å². The van der Waals surface area contributed by atoms with Gasteiger partial charge in [-0.1, -0.05) is 23.9 Å². The van der Waals surface area contributed by atoms with Crippen LogP contribution in [0.25, 0.3) is 0 Å². The van der Waals surface area contributed by atoms with Gasteiger partial charge in [0.25, 0.3) is 0 Å². The quantitative estimate of drug-likeness (QED) is 0.343. The topological polar surface area (TPSA) is 59.1 Å². The van der Waals surface area contributed by atoms with Gasteiger partial charge in [0, 0.05) is 22.9 Å². The molecular formula is C29H35F3N2O4S. The summed E-state index contributed by atoms with van der Waals surface area (Å²) >= 11 is 1.19. The van der Waals surface area contributed by atoms with Gasteiger partial charge in [-0.25, -0.2) is 9.69 Å². The van der Waals surface area contributed by atoms with Crippen LogP contribution in [0.3, 0.4) is 0 Å². The van der Waals surface area contributed by atoms with Gasteiger partial charge in [0.1, 0.15) is 16.8 Å². The summed E-state index contributed by atoms with van der Waals surface area (Å²) in [6.45, 7) is 11.0. The molecule has 1 atom stereocenters. The van der Waals surface area contributed by atoms with Crippen LogP contribution >= 0.6 is 11.8 Å². The highest BCUT2D eigenvalue weighted by molar-refractivity contribution is 7.99. The zero-order chi connectivity index (χ0) is 28.8. The fraction of sp³-hybridized carbons (Fsp3) is 0.517. The van der Waals surface area contributed by atoms with Crippen molar-refractivity contribution in [3.8, 4) is 0 Å². The second-order valence-corrected chi connectivity index (χ2v) is 12.9.